The van der Waals surface area contributed by atoms with E-state index in [1.807, 2.05) is 60.7 Å². The minimum Gasteiger partial charge on any atom is -0.335 e. The molecule has 0 aliphatic heterocycles. The summed E-state index contributed by atoms with van der Waals surface area (Å²) < 4.78 is 4.65. The van der Waals surface area contributed by atoms with Gasteiger partial charge in [-0.05, 0) is 62.2 Å². The van der Waals surface area contributed by atoms with Crippen LogP contribution in [0, 0.1) is 0 Å². The molecule has 0 radical (unpaired) electrons. The molecule has 0 saturated carbocycles. The van der Waals surface area contributed by atoms with Crippen molar-refractivity contribution < 1.29 is 0 Å². The van der Waals surface area contributed by atoms with Gasteiger partial charge < -0.3 is 4.57 Å². The van der Waals surface area contributed by atoms with Gasteiger partial charge in [0, 0.05) is 49.2 Å². The van der Waals surface area contributed by atoms with Gasteiger partial charge in [0.25, 0.3) is 0 Å². The molecule has 0 saturated heterocycles. The summed E-state index contributed by atoms with van der Waals surface area (Å²) in [5, 5.41) is 4.84. The van der Waals surface area contributed by atoms with Gasteiger partial charge in [-0.3, -0.25) is 4.57 Å². The molecule has 0 atom stereocenters. The molecule has 48 heavy (non-hydrogen) atoms. The quantitative estimate of drug-likeness (QED) is 0.197. The van der Waals surface area contributed by atoms with E-state index in [-0.39, 0.29) is 5.54 Å². The first kappa shape index (κ1) is 28.2. The first-order valence-electron chi connectivity index (χ1n) is 16.4. The normalized spacial score (nSPS) is 12.1. The van der Waals surface area contributed by atoms with Gasteiger partial charge in [-0.2, -0.15) is 9.97 Å². The SMILES string of the molecule is CC(C)(C)n1c2ccccc2c2cc(-c3ccc4c5ccccc5n(-c5nc(-c6ccccc6)nc(-c6ccccc6)n5)c4c3)ccc21. The van der Waals surface area contributed by atoms with Crippen molar-refractivity contribution in [3.63, 3.8) is 0 Å². The zero-order chi connectivity index (χ0) is 32.4. The summed E-state index contributed by atoms with van der Waals surface area (Å²) in [6, 6.07) is 51.1. The predicted octanol–water partition coefficient (Wildman–Crippen LogP) is 10.8. The molecule has 0 spiro atoms. The van der Waals surface area contributed by atoms with E-state index in [4.69, 9.17) is 15.0 Å². The lowest BCUT2D eigenvalue weighted by molar-refractivity contribution is 0.423. The second-order valence-corrected chi connectivity index (χ2v) is 13.4. The van der Waals surface area contributed by atoms with E-state index in [2.05, 4.69) is 115 Å². The third-order valence-corrected chi connectivity index (χ3v) is 9.24. The zero-order valence-corrected chi connectivity index (χ0v) is 27.1. The molecule has 9 aromatic rings. The predicted molar refractivity (Wildman–Crippen MR) is 198 cm³/mol. The highest BCUT2D eigenvalue weighted by Crippen LogP contribution is 2.39. The molecular formula is C43H33N5. The van der Waals surface area contributed by atoms with E-state index in [9.17, 15) is 0 Å². The Morgan fingerprint density at radius 3 is 1.54 bits per heavy atom. The summed E-state index contributed by atoms with van der Waals surface area (Å²) >= 11 is 0. The molecule has 230 valence electrons. The number of hydrogen-bond donors (Lipinski definition) is 0. The van der Waals surface area contributed by atoms with Crippen LogP contribution >= 0.6 is 0 Å². The molecule has 0 N–H and O–H groups in total. The number of fused-ring (bicyclic) bond motifs is 6. The van der Waals surface area contributed by atoms with Gasteiger partial charge >= 0.3 is 0 Å². The molecule has 9 rings (SSSR count). The Balaban J connectivity index is 1.29. The van der Waals surface area contributed by atoms with Crippen molar-refractivity contribution in [2.45, 2.75) is 26.3 Å². The summed E-state index contributed by atoms with van der Waals surface area (Å²) in [4.78, 5) is 15.2. The van der Waals surface area contributed by atoms with Crippen molar-refractivity contribution in [2.75, 3.05) is 0 Å². The standard InChI is InChI=1S/C43H33N5/c1-43(2,3)48-37-21-13-11-19-33(37)35-26-30(23-25-38(35)48)31-22-24-34-32-18-10-12-20-36(32)47(39(34)27-31)42-45-40(28-14-6-4-7-15-28)44-41(46-42)29-16-8-5-9-17-29/h4-27H,1-3H3. The fourth-order valence-electron chi connectivity index (χ4n) is 7.14. The Morgan fingerprint density at radius 1 is 0.396 bits per heavy atom. The van der Waals surface area contributed by atoms with Crippen molar-refractivity contribution in [1.82, 2.24) is 24.1 Å². The minimum atomic E-state index is -0.0511. The summed E-state index contributed by atoms with van der Waals surface area (Å²) in [7, 11) is 0. The van der Waals surface area contributed by atoms with E-state index in [0.717, 1.165) is 38.5 Å². The van der Waals surface area contributed by atoms with E-state index in [1.54, 1.807) is 0 Å². The molecule has 5 nitrogen and oxygen atoms in total. The van der Waals surface area contributed by atoms with E-state index < -0.39 is 0 Å². The van der Waals surface area contributed by atoms with Crippen LogP contribution in [0.3, 0.4) is 0 Å². The first-order chi connectivity index (χ1) is 23.4. The van der Waals surface area contributed by atoms with Crippen LogP contribution in [-0.2, 0) is 5.54 Å². The highest BCUT2D eigenvalue weighted by atomic mass is 15.2. The molecule has 0 aliphatic carbocycles. The monoisotopic (exact) mass is 619 g/mol. The summed E-state index contributed by atoms with van der Waals surface area (Å²) in [6.07, 6.45) is 0. The van der Waals surface area contributed by atoms with Crippen LogP contribution in [0.15, 0.2) is 146 Å². The van der Waals surface area contributed by atoms with Crippen LogP contribution < -0.4 is 0 Å². The number of hydrogen-bond acceptors (Lipinski definition) is 3. The molecule has 0 fully saturated rings. The molecule has 5 heteroatoms. The van der Waals surface area contributed by atoms with Gasteiger partial charge in [0.05, 0.1) is 11.0 Å². The summed E-state index contributed by atoms with van der Waals surface area (Å²) in [5.74, 6) is 1.87. The van der Waals surface area contributed by atoms with Gasteiger partial charge in [0.15, 0.2) is 11.6 Å². The van der Waals surface area contributed by atoms with Crippen LogP contribution in [-0.4, -0.2) is 24.1 Å². The van der Waals surface area contributed by atoms with Gasteiger partial charge in [-0.25, -0.2) is 4.98 Å². The second-order valence-electron chi connectivity index (χ2n) is 13.4. The Labute approximate surface area is 278 Å². The van der Waals surface area contributed by atoms with Gasteiger partial charge in [-0.15, -0.1) is 0 Å². The molecule has 3 heterocycles. The maximum Gasteiger partial charge on any atom is 0.238 e. The molecule has 3 aromatic heterocycles. The van der Waals surface area contributed by atoms with E-state index in [0.29, 0.717) is 17.6 Å². The average molecular weight is 620 g/mol. The second kappa shape index (κ2) is 10.7. The maximum atomic E-state index is 5.11. The molecular weight excluding hydrogens is 587 g/mol. The van der Waals surface area contributed by atoms with Gasteiger partial charge in [0.2, 0.25) is 5.95 Å². The smallest absolute Gasteiger partial charge is 0.238 e. The topological polar surface area (TPSA) is 48.5 Å². The Hall–Kier alpha value is -6.07. The zero-order valence-electron chi connectivity index (χ0n) is 27.1. The van der Waals surface area contributed by atoms with E-state index in [1.165, 1.54) is 27.4 Å². The summed E-state index contributed by atoms with van der Waals surface area (Å²) in [5.41, 5.74) is 8.76. The number of rotatable bonds is 4. The number of aromatic nitrogens is 5. The minimum absolute atomic E-state index is 0.0511. The molecule has 0 bridgehead atoms. The maximum absolute atomic E-state index is 5.11. The third kappa shape index (κ3) is 4.50. The largest absolute Gasteiger partial charge is 0.335 e. The lowest BCUT2D eigenvalue weighted by Crippen LogP contribution is -2.21. The first-order valence-corrected chi connectivity index (χ1v) is 16.4. The van der Waals surface area contributed by atoms with Crippen LogP contribution in [0.1, 0.15) is 20.8 Å². The molecule has 0 aliphatic rings. The summed E-state index contributed by atoms with van der Waals surface area (Å²) in [6.45, 7) is 6.81. The number of nitrogens with zero attached hydrogens (tertiary/aromatic N) is 5. The van der Waals surface area contributed by atoms with E-state index >= 15 is 0 Å². The van der Waals surface area contributed by atoms with Crippen LogP contribution in [0.4, 0.5) is 0 Å². The Morgan fingerprint density at radius 2 is 0.896 bits per heavy atom. The van der Waals surface area contributed by atoms with Crippen molar-refractivity contribution in [3.05, 3.63) is 146 Å². The van der Waals surface area contributed by atoms with Crippen molar-refractivity contribution in [1.29, 1.82) is 0 Å². The Bertz CT molecular complexity index is 2580. The van der Waals surface area contributed by atoms with Crippen LogP contribution in [0.25, 0.3) is 83.5 Å². The van der Waals surface area contributed by atoms with Gasteiger partial charge in [-0.1, -0.05) is 115 Å². The van der Waals surface area contributed by atoms with Gasteiger partial charge in [0.1, 0.15) is 0 Å². The molecule has 0 unspecified atom stereocenters. The highest BCUT2D eigenvalue weighted by molar-refractivity contribution is 6.11. The van der Waals surface area contributed by atoms with Crippen molar-refractivity contribution >= 4 is 43.6 Å². The Kier molecular flexibility index (Phi) is 6.31. The third-order valence-electron chi connectivity index (χ3n) is 9.24. The lowest BCUT2D eigenvalue weighted by atomic mass is 10.0. The highest BCUT2D eigenvalue weighted by Gasteiger charge is 2.22. The fraction of sp³-hybridized carbons (Fsp3) is 0.0930. The van der Waals surface area contributed by atoms with Crippen LogP contribution in [0.5, 0.6) is 0 Å². The average Bonchev–Trinajstić information content (AvgIpc) is 3.64. The lowest BCUT2D eigenvalue weighted by Gasteiger charge is -2.24. The fourth-order valence-corrected chi connectivity index (χ4v) is 7.14. The van der Waals surface area contributed by atoms with Crippen molar-refractivity contribution in [2.24, 2.45) is 0 Å². The van der Waals surface area contributed by atoms with Crippen LogP contribution in [0.2, 0.25) is 0 Å². The van der Waals surface area contributed by atoms with Crippen molar-refractivity contribution in [3.8, 4) is 39.9 Å². The number of benzene rings is 6. The number of para-hydroxylation sites is 2. The molecule has 6 aromatic carbocycles. The molecule has 0 amide bonds.